The Kier molecular flexibility index (Phi) is 5.47. The van der Waals surface area contributed by atoms with E-state index in [1.165, 1.54) is 0 Å². The highest BCUT2D eigenvalue weighted by Gasteiger charge is 2.27. The van der Waals surface area contributed by atoms with Crippen LogP contribution in [0.2, 0.25) is 5.02 Å². The highest BCUT2D eigenvalue weighted by atomic mass is 35.5. The Labute approximate surface area is 168 Å². The molecule has 2 aromatic carbocycles. The third kappa shape index (κ3) is 4.20. The van der Waals surface area contributed by atoms with Crippen LogP contribution in [0.15, 0.2) is 59.4 Å². The number of carbonyl (C=O) groups excluding carboxylic acids is 1. The maximum Gasteiger partial charge on any atom is 0.405 e. The molecule has 0 bridgehead atoms. The van der Waals surface area contributed by atoms with Crippen molar-refractivity contribution < 1.29 is 9.53 Å². The molecular formula is C22H23ClN2O3. The molecule has 0 aliphatic heterocycles. The Morgan fingerprint density at radius 3 is 2.43 bits per heavy atom. The molecule has 1 amide bonds. The zero-order valence-electron chi connectivity index (χ0n) is 16.1. The van der Waals surface area contributed by atoms with Gasteiger partial charge in [-0.1, -0.05) is 62.7 Å². The van der Waals surface area contributed by atoms with Crippen LogP contribution in [0.1, 0.15) is 39.0 Å². The van der Waals surface area contributed by atoms with E-state index in [4.69, 9.17) is 22.1 Å². The lowest BCUT2D eigenvalue weighted by molar-refractivity contribution is 0.0750. The van der Waals surface area contributed by atoms with Crippen molar-refractivity contribution in [2.45, 2.75) is 33.3 Å². The normalized spacial score (nSPS) is 12.7. The van der Waals surface area contributed by atoms with Gasteiger partial charge in [0.15, 0.2) is 0 Å². The fraction of sp³-hybridized carbons (Fsp3) is 0.273. The van der Waals surface area contributed by atoms with Gasteiger partial charge in [0.1, 0.15) is 6.10 Å². The molecule has 5 nitrogen and oxygen atoms in total. The fourth-order valence-electron chi connectivity index (χ4n) is 3.32. The number of pyridine rings is 1. The van der Waals surface area contributed by atoms with Crippen molar-refractivity contribution in [3.05, 3.63) is 75.7 Å². The van der Waals surface area contributed by atoms with E-state index < -0.39 is 12.2 Å². The van der Waals surface area contributed by atoms with Crippen molar-refractivity contribution >= 4 is 28.5 Å². The number of primary amides is 1. The highest BCUT2D eigenvalue weighted by Crippen LogP contribution is 2.34. The predicted octanol–water partition coefficient (Wildman–Crippen LogP) is 5.22. The quantitative estimate of drug-likeness (QED) is 0.654. The SMILES string of the molecule is CC(C)(C)C[C@H](OC(N)=O)c1cc2cccc(Cl)c2c(=O)n1-c1ccccc1. The molecule has 1 heterocycles. The molecule has 3 rings (SSSR count). The predicted molar refractivity (Wildman–Crippen MR) is 112 cm³/mol. The summed E-state index contributed by atoms with van der Waals surface area (Å²) in [4.78, 5) is 25.0. The van der Waals surface area contributed by atoms with Crippen molar-refractivity contribution in [2.75, 3.05) is 0 Å². The minimum atomic E-state index is -0.882. The summed E-state index contributed by atoms with van der Waals surface area (Å²) in [6.45, 7) is 6.10. The minimum absolute atomic E-state index is 0.166. The average molecular weight is 399 g/mol. The number of hydrogen-bond donors (Lipinski definition) is 1. The van der Waals surface area contributed by atoms with Crippen molar-refractivity contribution in [3.8, 4) is 5.69 Å². The highest BCUT2D eigenvalue weighted by molar-refractivity contribution is 6.35. The molecular weight excluding hydrogens is 376 g/mol. The Morgan fingerprint density at radius 2 is 1.82 bits per heavy atom. The number of carbonyl (C=O) groups is 1. The standard InChI is InChI=1S/C22H23ClN2O3/c1-22(2,3)13-18(28-21(24)27)17-12-14-8-7-11-16(23)19(14)20(26)25(17)15-9-5-4-6-10-15/h4-12,18H,13H2,1-3H3,(H2,24,27)/t18-/m0/s1. The zero-order valence-corrected chi connectivity index (χ0v) is 16.9. The van der Waals surface area contributed by atoms with Crippen molar-refractivity contribution in [3.63, 3.8) is 0 Å². The van der Waals surface area contributed by atoms with E-state index in [-0.39, 0.29) is 11.0 Å². The first-order valence-corrected chi connectivity index (χ1v) is 9.41. The van der Waals surface area contributed by atoms with Crippen LogP contribution in [0, 0.1) is 5.41 Å². The Bertz CT molecular complexity index is 1070. The van der Waals surface area contributed by atoms with Crippen molar-refractivity contribution in [2.24, 2.45) is 11.1 Å². The number of hydrogen-bond acceptors (Lipinski definition) is 3. The summed E-state index contributed by atoms with van der Waals surface area (Å²) in [6.07, 6.45) is -1.07. The molecule has 1 atom stereocenters. The number of fused-ring (bicyclic) bond motifs is 1. The van der Waals surface area contributed by atoms with Gasteiger partial charge in [0, 0.05) is 5.69 Å². The summed E-state index contributed by atoms with van der Waals surface area (Å²) < 4.78 is 7.00. The third-order valence-corrected chi connectivity index (χ3v) is 4.74. The molecule has 0 unspecified atom stereocenters. The van der Waals surface area contributed by atoms with Crippen molar-refractivity contribution in [1.82, 2.24) is 4.57 Å². The molecule has 2 N–H and O–H groups in total. The lowest BCUT2D eigenvalue weighted by Crippen LogP contribution is -2.29. The molecule has 1 aromatic heterocycles. The molecule has 3 aromatic rings. The summed E-state index contributed by atoms with van der Waals surface area (Å²) in [5.41, 5.74) is 6.13. The van der Waals surface area contributed by atoms with Gasteiger partial charge in [-0.05, 0) is 41.5 Å². The first-order chi connectivity index (χ1) is 13.2. The minimum Gasteiger partial charge on any atom is -0.440 e. The molecule has 0 aliphatic rings. The summed E-state index contributed by atoms with van der Waals surface area (Å²) in [6, 6.07) is 16.3. The van der Waals surface area contributed by atoms with Gasteiger partial charge in [0.25, 0.3) is 5.56 Å². The van der Waals surface area contributed by atoms with Crippen LogP contribution in [-0.4, -0.2) is 10.7 Å². The van der Waals surface area contributed by atoms with E-state index in [2.05, 4.69) is 0 Å². The summed E-state index contributed by atoms with van der Waals surface area (Å²) in [5, 5.41) is 1.49. The van der Waals surface area contributed by atoms with E-state index in [1.807, 2.05) is 63.2 Å². The molecule has 0 aliphatic carbocycles. The molecule has 0 spiro atoms. The molecule has 146 valence electrons. The first-order valence-electron chi connectivity index (χ1n) is 9.03. The van der Waals surface area contributed by atoms with Gasteiger partial charge in [0.2, 0.25) is 0 Å². The van der Waals surface area contributed by atoms with E-state index in [9.17, 15) is 9.59 Å². The van der Waals surface area contributed by atoms with Gasteiger partial charge < -0.3 is 10.5 Å². The van der Waals surface area contributed by atoms with E-state index in [0.717, 1.165) is 0 Å². The van der Waals surface area contributed by atoms with Crippen LogP contribution < -0.4 is 11.3 Å². The molecule has 0 fully saturated rings. The Balaban J connectivity index is 2.36. The second-order valence-corrected chi connectivity index (χ2v) is 8.35. The van der Waals surface area contributed by atoms with Crippen LogP contribution >= 0.6 is 11.6 Å². The summed E-state index contributed by atoms with van der Waals surface area (Å²) in [5.74, 6) is 0. The second-order valence-electron chi connectivity index (χ2n) is 7.94. The number of aromatic nitrogens is 1. The van der Waals surface area contributed by atoms with Gasteiger partial charge in [0.05, 0.1) is 16.1 Å². The number of rotatable bonds is 4. The largest absolute Gasteiger partial charge is 0.440 e. The smallest absolute Gasteiger partial charge is 0.405 e. The lowest BCUT2D eigenvalue weighted by Gasteiger charge is -2.28. The number of ether oxygens (including phenoxy) is 1. The third-order valence-electron chi connectivity index (χ3n) is 4.42. The summed E-state index contributed by atoms with van der Waals surface area (Å²) >= 11 is 6.33. The molecule has 0 radical (unpaired) electrons. The average Bonchev–Trinajstić information content (AvgIpc) is 2.60. The lowest BCUT2D eigenvalue weighted by atomic mass is 9.87. The molecule has 6 heteroatoms. The van der Waals surface area contributed by atoms with Crippen LogP contribution in [-0.2, 0) is 4.74 Å². The fourth-order valence-corrected chi connectivity index (χ4v) is 3.59. The van der Waals surface area contributed by atoms with Gasteiger partial charge in [-0.15, -0.1) is 0 Å². The monoisotopic (exact) mass is 398 g/mol. The topological polar surface area (TPSA) is 74.3 Å². The number of halogens is 1. The second kappa shape index (κ2) is 7.68. The van der Waals surface area contributed by atoms with Gasteiger partial charge in [-0.3, -0.25) is 9.36 Å². The zero-order chi connectivity index (χ0) is 20.5. The van der Waals surface area contributed by atoms with E-state index in [1.54, 1.807) is 16.7 Å². The van der Waals surface area contributed by atoms with Crippen LogP contribution in [0.5, 0.6) is 0 Å². The van der Waals surface area contributed by atoms with Crippen LogP contribution in [0.3, 0.4) is 0 Å². The van der Waals surface area contributed by atoms with E-state index >= 15 is 0 Å². The van der Waals surface area contributed by atoms with E-state index in [0.29, 0.717) is 33.6 Å². The molecule has 0 saturated carbocycles. The van der Waals surface area contributed by atoms with Crippen LogP contribution in [0.25, 0.3) is 16.5 Å². The number of amides is 1. The molecule has 0 saturated heterocycles. The maximum absolute atomic E-state index is 13.4. The number of nitrogens with two attached hydrogens (primary N) is 1. The number of nitrogens with zero attached hydrogens (tertiary/aromatic N) is 1. The van der Waals surface area contributed by atoms with Crippen molar-refractivity contribution in [1.29, 1.82) is 0 Å². The van der Waals surface area contributed by atoms with Gasteiger partial charge in [-0.25, -0.2) is 4.79 Å². The van der Waals surface area contributed by atoms with Gasteiger partial charge >= 0.3 is 6.09 Å². The Hall–Kier alpha value is -2.79. The number of benzene rings is 2. The first kappa shape index (κ1) is 20.0. The van der Waals surface area contributed by atoms with Crippen LogP contribution in [0.4, 0.5) is 4.79 Å². The Morgan fingerprint density at radius 1 is 1.14 bits per heavy atom. The van der Waals surface area contributed by atoms with Gasteiger partial charge in [-0.2, -0.15) is 0 Å². The summed E-state index contributed by atoms with van der Waals surface area (Å²) in [7, 11) is 0. The molecule has 28 heavy (non-hydrogen) atoms. The maximum atomic E-state index is 13.4. The number of para-hydroxylation sites is 1.